The molecule has 2 aliphatic carbocycles. The van der Waals surface area contributed by atoms with Gasteiger partial charge < -0.3 is 15.6 Å². The first-order valence-corrected chi connectivity index (χ1v) is 8.25. The number of ether oxygens (including phenoxy) is 1. The van der Waals surface area contributed by atoms with Crippen LogP contribution in [0.5, 0.6) is 5.75 Å². The van der Waals surface area contributed by atoms with Crippen LogP contribution in [-0.4, -0.2) is 23.2 Å². The molecule has 1 saturated carbocycles. The highest BCUT2D eigenvalue weighted by molar-refractivity contribution is 5.77. The first-order valence-electron chi connectivity index (χ1n) is 8.25. The van der Waals surface area contributed by atoms with Gasteiger partial charge in [0.05, 0.1) is 18.1 Å². The maximum Gasteiger partial charge on any atom is 0.223 e. The third kappa shape index (κ3) is 1.89. The van der Waals surface area contributed by atoms with E-state index in [-0.39, 0.29) is 23.3 Å². The molecule has 0 unspecified atom stereocenters. The second-order valence-corrected chi connectivity index (χ2v) is 7.39. The zero-order valence-corrected chi connectivity index (χ0v) is 12.9. The number of phenols is 1. The number of phenolic OH excluding ortho intramolecular Hbond substituents is 1. The molecule has 0 aromatic heterocycles. The minimum atomic E-state index is -0.217. The fourth-order valence-corrected chi connectivity index (χ4v) is 5.32. The Balaban J connectivity index is 1.73. The van der Waals surface area contributed by atoms with Gasteiger partial charge in [-0.3, -0.25) is 4.79 Å². The van der Waals surface area contributed by atoms with Crippen molar-refractivity contribution in [3.8, 4) is 5.75 Å². The largest absolute Gasteiger partial charge is 0.508 e. The Hall–Kier alpha value is -1.55. The molecule has 1 aliphatic heterocycles. The zero-order valence-electron chi connectivity index (χ0n) is 12.9. The van der Waals surface area contributed by atoms with E-state index in [1.54, 1.807) is 6.07 Å². The van der Waals surface area contributed by atoms with Crippen LogP contribution in [0.2, 0.25) is 0 Å². The van der Waals surface area contributed by atoms with E-state index in [2.05, 4.69) is 13.0 Å². The fourth-order valence-electron chi connectivity index (χ4n) is 5.32. The Bertz CT molecular complexity index is 629. The summed E-state index contributed by atoms with van der Waals surface area (Å²) in [5.41, 5.74) is 8.07. The molecule has 4 nitrogen and oxygen atoms in total. The lowest BCUT2D eigenvalue weighted by molar-refractivity contribution is -0.124. The molecule has 1 aromatic rings. The highest BCUT2D eigenvalue weighted by atomic mass is 16.5. The summed E-state index contributed by atoms with van der Waals surface area (Å²) in [4.78, 5) is 11.9. The minimum Gasteiger partial charge on any atom is -0.508 e. The van der Waals surface area contributed by atoms with Gasteiger partial charge in [0.25, 0.3) is 0 Å². The minimum absolute atomic E-state index is 0.156. The van der Waals surface area contributed by atoms with Gasteiger partial charge in [-0.2, -0.15) is 0 Å². The van der Waals surface area contributed by atoms with Crippen LogP contribution in [0.1, 0.15) is 43.2 Å². The molecule has 22 heavy (non-hydrogen) atoms. The van der Waals surface area contributed by atoms with E-state index in [0.717, 1.165) is 25.7 Å². The first kappa shape index (κ1) is 14.1. The number of hydrogen-bond acceptors (Lipinski definition) is 3. The van der Waals surface area contributed by atoms with E-state index in [9.17, 15) is 9.90 Å². The first-order chi connectivity index (χ1) is 10.5. The van der Waals surface area contributed by atoms with Crippen LogP contribution >= 0.6 is 0 Å². The van der Waals surface area contributed by atoms with E-state index in [1.807, 2.05) is 6.07 Å². The van der Waals surface area contributed by atoms with Crippen LogP contribution in [0.25, 0.3) is 0 Å². The number of benzene rings is 1. The van der Waals surface area contributed by atoms with Crippen molar-refractivity contribution in [2.45, 2.75) is 44.1 Å². The SMILES string of the molecule is C[C@]12CC[C@@H]3c4ccc(O)cc4CC[C@H]3[C@@H]1[C@@H](C(N)=O)CO2. The molecule has 118 valence electrons. The summed E-state index contributed by atoms with van der Waals surface area (Å²) in [6, 6.07) is 5.75. The highest BCUT2D eigenvalue weighted by Gasteiger charge is 2.57. The van der Waals surface area contributed by atoms with E-state index >= 15 is 0 Å². The zero-order chi connectivity index (χ0) is 15.5. The molecule has 1 aromatic carbocycles. The van der Waals surface area contributed by atoms with E-state index in [0.29, 0.717) is 24.2 Å². The lowest BCUT2D eigenvalue weighted by Gasteiger charge is -2.49. The van der Waals surface area contributed by atoms with Crippen molar-refractivity contribution in [1.82, 2.24) is 0 Å². The summed E-state index contributed by atoms with van der Waals surface area (Å²) >= 11 is 0. The Morgan fingerprint density at radius 2 is 2.23 bits per heavy atom. The summed E-state index contributed by atoms with van der Waals surface area (Å²) in [7, 11) is 0. The number of carbonyl (C=O) groups excluding carboxylic acids is 1. The van der Waals surface area contributed by atoms with Crippen molar-refractivity contribution in [1.29, 1.82) is 0 Å². The van der Waals surface area contributed by atoms with Gasteiger partial charge in [-0.15, -0.1) is 0 Å². The molecule has 0 bridgehead atoms. The average molecular weight is 301 g/mol. The van der Waals surface area contributed by atoms with Crippen molar-refractivity contribution in [2.24, 2.45) is 23.5 Å². The molecular formula is C18H23NO3. The summed E-state index contributed by atoms with van der Waals surface area (Å²) in [6.07, 6.45) is 4.07. The van der Waals surface area contributed by atoms with Crippen molar-refractivity contribution in [2.75, 3.05) is 6.61 Å². The molecule has 4 heteroatoms. The van der Waals surface area contributed by atoms with Gasteiger partial charge in [-0.1, -0.05) is 6.07 Å². The Labute approximate surface area is 130 Å². The van der Waals surface area contributed by atoms with Gasteiger partial charge in [-0.25, -0.2) is 0 Å². The van der Waals surface area contributed by atoms with Crippen LogP contribution in [0.3, 0.4) is 0 Å². The highest BCUT2D eigenvalue weighted by Crippen LogP contribution is 2.57. The molecule has 1 saturated heterocycles. The lowest BCUT2D eigenvalue weighted by atomic mass is 9.56. The molecule has 5 atom stereocenters. The van der Waals surface area contributed by atoms with Crippen molar-refractivity contribution in [3.05, 3.63) is 29.3 Å². The molecule has 1 heterocycles. The summed E-state index contributed by atoms with van der Waals surface area (Å²) in [5.74, 6) is 1.12. The van der Waals surface area contributed by atoms with Crippen LogP contribution < -0.4 is 5.73 Å². The van der Waals surface area contributed by atoms with Gasteiger partial charge in [0.1, 0.15) is 5.75 Å². The van der Waals surface area contributed by atoms with Gasteiger partial charge in [0.2, 0.25) is 5.91 Å². The summed E-state index contributed by atoms with van der Waals surface area (Å²) < 4.78 is 6.03. The van der Waals surface area contributed by atoms with Crippen LogP contribution in [0, 0.1) is 17.8 Å². The quantitative estimate of drug-likeness (QED) is 0.836. The third-order valence-electron chi connectivity index (χ3n) is 6.30. The topological polar surface area (TPSA) is 72.5 Å². The lowest BCUT2D eigenvalue weighted by Crippen LogP contribution is -2.48. The van der Waals surface area contributed by atoms with E-state index in [4.69, 9.17) is 10.5 Å². The Morgan fingerprint density at radius 3 is 3.00 bits per heavy atom. The number of nitrogens with two attached hydrogens (primary N) is 1. The molecule has 0 spiro atoms. The summed E-state index contributed by atoms with van der Waals surface area (Å²) in [6.45, 7) is 2.63. The van der Waals surface area contributed by atoms with Gasteiger partial charge in [-0.05, 0) is 67.7 Å². The van der Waals surface area contributed by atoms with E-state index in [1.165, 1.54) is 11.1 Å². The number of aryl methyl sites for hydroxylation is 1. The number of amides is 1. The number of primary amides is 1. The maximum absolute atomic E-state index is 11.9. The average Bonchev–Trinajstić information content (AvgIpc) is 2.84. The van der Waals surface area contributed by atoms with Gasteiger partial charge in [0.15, 0.2) is 0 Å². The Kier molecular flexibility index (Phi) is 3.02. The Morgan fingerprint density at radius 1 is 1.41 bits per heavy atom. The fraction of sp³-hybridized carbons (Fsp3) is 0.611. The van der Waals surface area contributed by atoms with Gasteiger partial charge >= 0.3 is 0 Å². The molecule has 1 amide bonds. The predicted molar refractivity (Wildman–Crippen MR) is 82.4 cm³/mol. The van der Waals surface area contributed by atoms with Crippen LogP contribution in [-0.2, 0) is 16.0 Å². The van der Waals surface area contributed by atoms with Crippen molar-refractivity contribution in [3.63, 3.8) is 0 Å². The molecule has 2 fully saturated rings. The molecule has 4 rings (SSSR count). The predicted octanol–water partition coefficient (Wildman–Crippen LogP) is 2.34. The number of fused-ring (bicyclic) bond motifs is 5. The van der Waals surface area contributed by atoms with Crippen molar-refractivity contribution >= 4 is 5.91 Å². The molecule has 3 N–H and O–H groups in total. The monoisotopic (exact) mass is 301 g/mol. The molecule has 0 radical (unpaired) electrons. The summed E-state index contributed by atoms with van der Waals surface area (Å²) in [5, 5.41) is 9.71. The smallest absolute Gasteiger partial charge is 0.223 e. The van der Waals surface area contributed by atoms with E-state index < -0.39 is 0 Å². The van der Waals surface area contributed by atoms with Crippen LogP contribution in [0.15, 0.2) is 18.2 Å². The van der Waals surface area contributed by atoms with Crippen LogP contribution in [0.4, 0.5) is 0 Å². The molecule has 3 aliphatic rings. The second kappa shape index (κ2) is 4.72. The standard InChI is InChI=1S/C18H23NO3/c1-18-7-6-13-12-5-3-11(20)8-10(12)2-4-14(13)16(18)15(9-22-18)17(19)21/h3,5,8,13-16,20H,2,4,6-7,9H2,1H3,(H2,19,21)/t13-,14-,15+,16-,18+/m1/s1. The number of rotatable bonds is 1. The number of aromatic hydroxyl groups is 1. The third-order valence-corrected chi connectivity index (χ3v) is 6.30. The normalized spacial score (nSPS) is 39.7. The maximum atomic E-state index is 11.9. The second-order valence-electron chi connectivity index (χ2n) is 7.39. The van der Waals surface area contributed by atoms with Crippen molar-refractivity contribution < 1.29 is 14.6 Å². The number of carbonyl (C=O) groups is 1. The molecular weight excluding hydrogens is 278 g/mol. The van der Waals surface area contributed by atoms with Gasteiger partial charge in [0, 0.05) is 5.92 Å². The number of hydrogen-bond donors (Lipinski definition) is 2.